The van der Waals surface area contributed by atoms with Crippen LogP contribution in [0.15, 0.2) is 29.3 Å². The van der Waals surface area contributed by atoms with Gasteiger partial charge in [0.15, 0.2) is 5.96 Å². The largest absolute Gasteiger partial charge is 0.379 e. The van der Waals surface area contributed by atoms with E-state index in [-0.39, 0.29) is 35.9 Å². The van der Waals surface area contributed by atoms with E-state index in [1.807, 2.05) is 23.1 Å². The van der Waals surface area contributed by atoms with Gasteiger partial charge in [-0.1, -0.05) is 29.8 Å². The zero-order chi connectivity index (χ0) is 21.2. The van der Waals surface area contributed by atoms with Crippen LogP contribution >= 0.6 is 35.6 Å². The number of guanidine groups is 1. The normalized spacial score (nSPS) is 18.6. The lowest BCUT2D eigenvalue weighted by molar-refractivity contribution is -0.127. The highest BCUT2D eigenvalue weighted by molar-refractivity contribution is 14.0. The number of hydrogen-bond donors (Lipinski definition) is 2. The van der Waals surface area contributed by atoms with Gasteiger partial charge in [-0.3, -0.25) is 14.7 Å². The van der Waals surface area contributed by atoms with E-state index < -0.39 is 0 Å². The molecule has 2 N–H and O–H groups in total. The first-order valence-corrected chi connectivity index (χ1v) is 11.4. The molecule has 0 bridgehead atoms. The maximum absolute atomic E-state index is 11.7. The molecule has 9 heteroatoms. The maximum Gasteiger partial charge on any atom is 0.222 e. The summed E-state index contributed by atoms with van der Waals surface area (Å²) in [6, 6.07) is 8.13. The van der Waals surface area contributed by atoms with Crippen LogP contribution in [-0.4, -0.2) is 80.7 Å². The second kappa shape index (κ2) is 14.1. The molecule has 1 aromatic rings. The number of carbonyl (C=O) groups is 1. The predicted molar refractivity (Wildman–Crippen MR) is 136 cm³/mol. The van der Waals surface area contributed by atoms with Crippen molar-refractivity contribution in [2.75, 3.05) is 59.0 Å². The fourth-order valence-corrected chi connectivity index (χ4v) is 4.24. The number of aliphatic imine (C=N–C) groups is 1. The smallest absolute Gasteiger partial charge is 0.222 e. The predicted octanol–water partition coefficient (Wildman–Crippen LogP) is 2.90. The Morgan fingerprint density at radius 1 is 1.23 bits per heavy atom. The molecule has 1 aromatic carbocycles. The van der Waals surface area contributed by atoms with Gasteiger partial charge in [-0.15, -0.1) is 24.0 Å². The summed E-state index contributed by atoms with van der Waals surface area (Å²) in [6.45, 7) is 9.17. The van der Waals surface area contributed by atoms with Crippen LogP contribution in [0, 0.1) is 0 Å². The molecule has 0 spiro atoms. The van der Waals surface area contributed by atoms with E-state index in [1.165, 1.54) is 0 Å². The Labute approximate surface area is 207 Å². The van der Waals surface area contributed by atoms with Crippen LogP contribution in [-0.2, 0) is 9.53 Å². The highest BCUT2D eigenvalue weighted by Gasteiger charge is 2.24. The van der Waals surface area contributed by atoms with Gasteiger partial charge in [0.05, 0.1) is 25.8 Å². The van der Waals surface area contributed by atoms with Gasteiger partial charge >= 0.3 is 0 Å². The molecule has 2 aliphatic heterocycles. The van der Waals surface area contributed by atoms with Crippen molar-refractivity contribution in [1.29, 1.82) is 0 Å². The number of halogens is 2. The summed E-state index contributed by atoms with van der Waals surface area (Å²) in [7, 11) is 0. The van der Waals surface area contributed by atoms with Crippen LogP contribution in [0.4, 0.5) is 0 Å². The summed E-state index contributed by atoms with van der Waals surface area (Å²) in [5.74, 6) is 1.08. The van der Waals surface area contributed by atoms with Crippen LogP contribution in [0.5, 0.6) is 0 Å². The number of ether oxygens (including phenoxy) is 1. The Bertz CT molecular complexity index is 715. The maximum atomic E-state index is 11.7. The van der Waals surface area contributed by atoms with Crippen LogP contribution < -0.4 is 10.6 Å². The van der Waals surface area contributed by atoms with Gasteiger partial charge in [-0.25, -0.2) is 0 Å². The average Bonchev–Trinajstić information content (AvgIpc) is 3.18. The topological polar surface area (TPSA) is 69.2 Å². The standard InChI is InChI=1S/C22H34ClN5O2.HI/c1-2-24-22(25-10-6-12-28-11-5-9-21(28)29)26-17-20(27-13-15-30-16-14-27)18-7-3-4-8-19(18)23;/h3-4,7-8,20H,2,5-6,9-17H2,1H3,(H2,24,25,26);1H. The third-order valence-corrected chi connectivity index (χ3v) is 5.93. The number of hydrogen-bond acceptors (Lipinski definition) is 4. The Kier molecular flexibility index (Phi) is 11.9. The molecule has 31 heavy (non-hydrogen) atoms. The molecule has 1 amide bonds. The number of rotatable bonds is 9. The molecule has 0 radical (unpaired) electrons. The summed E-state index contributed by atoms with van der Waals surface area (Å²) >= 11 is 6.52. The Morgan fingerprint density at radius 2 is 2.00 bits per heavy atom. The van der Waals surface area contributed by atoms with E-state index in [0.717, 1.165) is 81.9 Å². The lowest BCUT2D eigenvalue weighted by atomic mass is 10.0. The van der Waals surface area contributed by atoms with Crippen molar-refractivity contribution in [3.63, 3.8) is 0 Å². The van der Waals surface area contributed by atoms with Crippen molar-refractivity contribution in [2.24, 2.45) is 4.99 Å². The minimum atomic E-state index is 0. The van der Waals surface area contributed by atoms with Crippen molar-refractivity contribution in [3.8, 4) is 0 Å². The number of carbonyl (C=O) groups excluding carboxylic acids is 1. The molecule has 3 rings (SSSR count). The van der Waals surface area contributed by atoms with E-state index in [1.54, 1.807) is 0 Å². The zero-order valence-corrected chi connectivity index (χ0v) is 21.4. The van der Waals surface area contributed by atoms with Crippen molar-refractivity contribution in [2.45, 2.75) is 32.2 Å². The van der Waals surface area contributed by atoms with Crippen LogP contribution in [0.3, 0.4) is 0 Å². The third kappa shape index (κ3) is 8.07. The fraction of sp³-hybridized carbons (Fsp3) is 0.636. The molecule has 2 saturated heterocycles. The van der Waals surface area contributed by atoms with Crippen LogP contribution in [0.2, 0.25) is 5.02 Å². The van der Waals surface area contributed by atoms with E-state index >= 15 is 0 Å². The molecule has 7 nitrogen and oxygen atoms in total. The van der Waals surface area contributed by atoms with Gasteiger partial charge in [0.25, 0.3) is 0 Å². The van der Waals surface area contributed by atoms with Gasteiger partial charge in [0, 0.05) is 50.7 Å². The van der Waals surface area contributed by atoms with Gasteiger partial charge in [0.1, 0.15) is 0 Å². The molecule has 1 unspecified atom stereocenters. The van der Waals surface area contributed by atoms with Crippen molar-refractivity contribution in [3.05, 3.63) is 34.9 Å². The Morgan fingerprint density at radius 3 is 2.68 bits per heavy atom. The average molecular weight is 564 g/mol. The first-order chi connectivity index (χ1) is 14.7. The van der Waals surface area contributed by atoms with Crippen molar-refractivity contribution < 1.29 is 9.53 Å². The van der Waals surface area contributed by atoms with E-state index in [4.69, 9.17) is 21.3 Å². The first-order valence-electron chi connectivity index (χ1n) is 11.0. The summed E-state index contributed by atoms with van der Waals surface area (Å²) in [6.07, 6.45) is 2.59. The number of morpholine rings is 1. The molecular formula is C22H35ClIN5O2. The lowest BCUT2D eigenvalue weighted by Crippen LogP contribution is -2.42. The summed E-state index contributed by atoms with van der Waals surface area (Å²) in [4.78, 5) is 21.0. The highest BCUT2D eigenvalue weighted by Crippen LogP contribution is 2.28. The van der Waals surface area contributed by atoms with Gasteiger partial charge in [-0.05, 0) is 31.4 Å². The third-order valence-electron chi connectivity index (χ3n) is 5.59. The molecule has 0 aromatic heterocycles. The Balaban J connectivity index is 0.00000341. The molecule has 1 atom stereocenters. The molecular weight excluding hydrogens is 529 g/mol. The van der Waals surface area contributed by atoms with Crippen LogP contribution in [0.25, 0.3) is 0 Å². The highest BCUT2D eigenvalue weighted by atomic mass is 127. The van der Waals surface area contributed by atoms with Gasteiger partial charge in [0.2, 0.25) is 5.91 Å². The van der Waals surface area contributed by atoms with Gasteiger partial charge in [-0.2, -0.15) is 0 Å². The minimum Gasteiger partial charge on any atom is -0.379 e. The molecule has 0 aliphatic carbocycles. The second-order valence-corrected chi connectivity index (χ2v) is 8.08. The summed E-state index contributed by atoms with van der Waals surface area (Å²) in [5, 5.41) is 7.51. The number of amides is 1. The molecule has 2 aliphatic rings. The number of benzene rings is 1. The minimum absolute atomic E-state index is 0. The molecule has 0 saturated carbocycles. The molecule has 2 heterocycles. The van der Waals surface area contributed by atoms with Crippen molar-refractivity contribution in [1.82, 2.24) is 20.4 Å². The van der Waals surface area contributed by atoms with Crippen molar-refractivity contribution >= 4 is 47.4 Å². The van der Waals surface area contributed by atoms with E-state index in [2.05, 4.69) is 28.5 Å². The lowest BCUT2D eigenvalue weighted by Gasteiger charge is -2.34. The first kappa shape index (κ1) is 26.2. The van der Waals surface area contributed by atoms with Crippen LogP contribution in [0.1, 0.15) is 37.8 Å². The number of nitrogens with zero attached hydrogens (tertiary/aromatic N) is 3. The fourth-order valence-electron chi connectivity index (χ4n) is 3.98. The summed E-state index contributed by atoms with van der Waals surface area (Å²) in [5.41, 5.74) is 1.10. The summed E-state index contributed by atoms with van der Waals surface area (Å²) < 4.78 is 5.53. The monoisotopic (exact) mass is 563 g/mol. The zero-order valence-electron chi connectivity index (χ0n) is 18.3. The van der Waals surface area contributed by atoms with Gasteiger partial charge < -0.3 is 20.3 Å². The molecule has 174 valence electrons. The van der Waals surface area contributed by atoms with E-state index in [0.29, 0.717) is 13.0 Å². The quantitative estimate of drug-likeness (QED) is 0.209. The second-order valence-electron chi connectivity index (χ2n) is 7.67. The number of likely N-dealkylation sites (tertiary alicyclic amines) is 1. The SMILES string of the molecule is CCNC(=NCC(c1ccccc1Cl)N1CCOCC1)NCCCN1CCCC1=O.I. The Hall–Kier alpha value is -1.10. The van der Waals surface area contributed by atoms with E-state index in [9.17, 15) is 4.79 Å². The number of nitrogens with one attached hydrogen (secondary N) is 2. The molecule has 2 fully saturated rings.